The monoisotopic (exact) mass is 268 g/mol. The number of ether oxygens (including phenoxy) is 2. The SMILES string of the molecule is COc1cccc(/C=C(\C#N)C(=O)[O-])c1OC(F)F. The molecule has 0 atom stereocenters. The van der Waals surface area contributed by atoms with Crippen LogP contribution in [-0.2, 0) is 4.79 Å². The number of benzene rings is 1. The summed E-state index contributed by atoms with van der Waals surface area (Å²) in [6, 6.07) is 5.49. The molecule has 0 aromatic heterocycles. The van der Waals surface area contributed by atoms with Crippen LogP contribution in [0.5, 0.6) is 11.5 Å². The van der Waals surface area contributed by atoms with Crippen LogP contribution in [0, 0.1) is 11.3 Å². The number of aliphatic carboxylic acids is 1. The summed E-state index contributed by atoms with van der Waals surface area (Å²) in [5.74, 6) is -2.08. The number of carbonyl (C=O) groups excluding carboxylic acids is 1. The fourth-order valence-electron chi connectivity index (χ4n) is 1.31. The highest BCUT2D eigenvalue weighted by molar-refractivity contribution is 5.95. The van der Waals surface area contributed by atoms with Gasteiger partial charge in [-0.1, -0.05) is 12.1 Å². The summed E-state index contributed by atoms with van der Waals surface area (Å²) < 4.78 is 33.7. The normalized spacial score (nSPS) is 11.0. The molecule has 0 heterocycles. The maximum atomic E-state index is 12.3. The second-order valence-corrected chi connectivity index (χ2v) is 3.21. The molecule has 0 aliphatic rings. The van der Waals surface area contributed by atoms with Crippen LogP contribution in [-0.4, -0.2) is 19.7 Å². The molecule has 0 unspecified atom stereocenters. The van der Waals surface area contributed by atoms with Crippen LogP contribution < -0.4 is 14.6 Å². The van der Waals surface area contributed by atoms with Gasteiger partial charge in [0, 0.05) is 5.56 Å². The smallest absolute Gasteiger partial charge is 0.387 e. The third-order valence-electron chi connectivity index (χ3n) is 2.08. The predicted molar refractivity (Wildman–Crippen MR) is 58.2 cm³/mol. The van der Waals surface area contributed by atoms with Crippen molar-refractivity contribution in [3.8, 4) is 17.6 Å². The van der Waals surface area contributed by atoms with Crippen LogP contribution in [0.3, 0.4) is 0 Å². The molecule has 0 N–H and O–H groups in total. The zero-order chi connectivity index (χ0) is 14.4. The number of carboxylic acids is 1. The minimum Gasteiger partial charge on any atom is -0.544 e. The Labute approximate surface area is 107 Å². The number of alkyl halides is 2. The molecule has 1 aromatic carbocycles. The number of hydrogen-bond acceptors (Lipinski definition) is 5. The van der Waals surface area contributed by atoms with Gasteiger partial charge in [-0.2, -0.15) is 14.0 Å². The van der Waals surface area contributed by atoms with E-state index in [9.17, 15) is 18.7 Å². The minimum absolute atomic E-state index is 0.00955. The third-order valence-corrected chi connectivity index (χ3v) is 2.08. The standard InChI is InChI=1S/C12H9F2NO4/c1-18-9-4-2-3-7(10(9)19-12(13)14)5-8(6-15)11(16)17/h2-5,12H,1H3,(H,16,17)/p-1/b8-5+. The van der Waals surface area contributed by atoms with Crippen molar-refractivity contribution in [2.24, 2.45) is 0 Å². The number of carbonyl (C=O) groups is 1. The molecule has 1 rings (SSSR count). The molecular weight excluding hydrogens is 260 g/mol. The Bertz CT molecular complexity index is 549. The molecule has 0 saturated heterocycles. The van der Waals surface area contributed by atoms with Gasteiger partial charge in [-0.3, -0.25) is 0 Å². The largest absolute Gasteiger partial charge is 0.544 e. The first-order valence-corrected chi connectivity index (χ1v) is 4.94. The summed E-state index contributed by atoms with van der Waals surface area (Å²) in [6.07, 6.45) is 0.871. The number of nitrogens with zero attached hydrogens (tertiary/aromatic N) is 1. The summed E-state index contributed by atoms with van der Waals surface area (Å²) in [5, 5.41) is 19.2. The fourth-order valence-corrected chi connectivity index (χ4v) is 1.31. The highest BCUT2D eigenvalue weighted by Crippen LogP contribution is 2.33. The summed E-state index contributed by atoms with van der Waals surface area (Å²) in [4.78, 5) is 10.6. The topological polar surface area (TPSA) is 82.4 Å². The van der Waals surface area contributed by atoms with Crippen molar-refractivity contribution in [3.63, 3.8) is 0 Å². The summed E-state index contributed by atoms with van der Waals surface area (Å²) in [6.45, 7) is -3.11. The number of methoxy groups -OCH3 is 1. The average Bonchev–Trinajstić information content (AvgIpc) is 2.36. The molecule has 0 spiro atoms. The van der Waals surface area contributed by atoms with Crippen LogP contribution in [0.1, 0.15) is 5.56 Å². The number of rotatable bonds is 5. The van der Waals surface area contributed by atoms with E-state index in [0.29, 0.717) is 0 Å². The van der Waals surface area contributed by atoms with Gasteiger partial charge in [0.05, 0.1) is 18.7 Å². The molecule has 5 nitrogen and oxygen atoms in total. The molecule has 0 aliphatic heterocycles. The number of carboxylic acid groups (broad SMARTS) is 1. The Kier molecular flexibility index (Phi) is 4.83. The van der Waals surface area contributed by atoms with Gasteiger partial charge >= 0.3 is 6.61 Å². The van der Waals surface area contributed by atoms with Gasteiger partial charge in [-0.25, -0.2) is 0 Å². The maximum Gasteiger partial charge on any atom is 0.387 e. The van der Waals surface area contributed by atoms with Gasteiger partial charge in [0.1, 0.15) is 6.07 Å². The number of para-hydroxylation sites is 1. The first kappa shape index (κ1) is 14.4. The van der Waals surface area contributed by atoms with Crippen LogP contribution in [0.15, 0.2) is 23.8 Å². The van der Waals surface area contributed by atoms with Gasteiger partial charge in [0.2, 0.25) is 0 Å². The number of hydrogen-bond donors (Lipinski definition) is 0. The first-order valence-electron chi connectivity index (χ1n) is 4.94. The molecule has 0 aliphatic carbocycles. The zero-order valence-electron chi connectivity index (χ0n) is 9.72. The fraction of sp³-hybridized carbons (Fsp3) is 0.167. The van der Waals surface area contributed by atoms with Gasteiger partial charge in [0.25, 0.3) is 0 Å². The van der Waals surface area contributed by atoms with Crippen LogP contribution in [0.25, 0.3) is 6.08 Å². The van der Waals surface area contributed by atoms with Crippen LogP contribution in [0.4, 0.5) is 8.78 Å². The third kappa shape index (κ3) is 3.67. The van der Waals surface area contributed by atoms with Gasteiger partial charge in [-0.15, -0.1) is 0 Å². The van der Waals surface area contributed by atoms with Gasteiger partial charge < -0.3 is 19.4 Å². The predicted octanol–water partition coefficient (Wildman–Crippen LogP) is 0.953. The second-order valence-electron chi connectivity index (χ2n) is 3.21. The summed E-state index contributed by atoms with van der Waals surface area (Å²) in [7, 11) is 1.24. The minimum atomic E-state index is -3.11. The van der Waals surface area contributed by atoms with Crippen molar-refractivity contribution in [1.29, 1.82) is 5.26 Å². The number of halogens is 2. The molecule has 0 bridgehead atoms. The van der Waals surface area contributed by atoms with Crippen molar-refractivity contribution in [2.45, 2.75) is 6.61 Å². The summed E-state index contributed by atoms with van der Waals surface area (Å²) in [5.41, 5.74) is -0.743. The van der Waals surface area contributed by atoms with Crippen molar-refractivity contribution >= 4 is 12.0 Å². The highest BCUT2D eigenvalue weighted by Gasteiger charge is 2.14. The Morgan fingerprint density at radius 3 is 2.68 bits per heavy atom. The van der Waals surface area contributed by atoms with E-state index in [1.54, 1.807) is 0 Å². The molecule has 0 amide bonds. The van der Waals surface area contributed by atoms with E-state index in [-0.39, 0.29) is 17.1 Å². The lowest BCUT2D eigenvalue weighted by molar-refractivity contribution is -0.298. The lowest BCUT2D eigenvalue weighted by Crippen LogP contribution is -2.23. The maximum absolute atomic E-state index is 12.3. The quantitative estimate of drug-likeness (QED) is 0.586. The average molecular weight is 268 g/mol. The van der Waals surface area contributed by atoms with E-state index in [1.165, 1.54) is 31.4 Å². The lowest BCUT2D eigenvalue weighted by Gasteiger charge is -2.12. The van der Waals surface area contributed by atoms with E-state index in [1.807, 2.05) is 0 Å². The molecule has 0 saturated carbocycles. The molecule has 19 heavy (non-hydrogen) atoms. The highest BCUT2D eigenvalue weighted by atomic mass is 19.3. The van der Waals surface area contributed by atoms with Crippen molar-refractivity contribution in [1.82, 2.24) is 0 Å². The first-order chi connectivity index (χ1) is 8.99. The van der Waals surface area contributed by atoms with Crippen LogP contribution in [0.2, 0.25) is 0 Å². The van der Waals surface area contributed by atoms with Crippen molar-refractivity contribution in [2.75, 3.05) is 7.11 Å². The van der Waals surface area contributed by atoms with E-state index < -0.39 is 18.2 Å². The van der Waals surface area contributed by atoms with Crippen molar-refractivity contribution in [3.05, 3.63) is 29.3 Å². The Morgan fingerprint density at radius 1 is 1.53 bits per heavy atom. The molecular formula is C12H8F2NO4-. The molecule has 0 radical (unpaired) electrons. The van der Waals surface area contributed by atoms with Gasteiger partial charge in [0.15, 0.2) is 11.5 Å². The second kappa shape index (κ2) is 6.35. The number of nitriles is 1. The Balaban J connectivity index is 3.35. The van der Waals surface area contributed by atoms with Gasteiger partial charge in [-0.05, 0) is 12.1 Å². The Hall–Kier alpha value is -2.62. The van der Waals surface area contributed by atoms with E-state index in [2.05, 4.69) is 4.74 Å². The molecule has 0 fully saturated rings. The molecule has 100 valence electrons. The lowest BCUT2D eigenvalue weighted by atomic mass is 10.1. The zero-order valence-corrected chi connectivity index (χ0v) is 9.72. The molecule has 7 heteroatoms. The van der Waals surface area contributed by atoms with Crippen molar-refractivity contribution < 1.29 is 28.2 Å². The summed E-state index contributed by atoms with van der Waals surface area (Å²) >= 11 is 0. The molecule has 1 aromatic rings. The van der Waals surface area contributed by atoms with E-state index >= 15 is 0 Å². The van der Waals surface area contributed by atoms with E-state index in [4.69, 9.17) is 10.00 Å². The van der Waals surface area contributed by atoms with Crippen LogP contribution >= 0.6 is 0 Å². The Morgan fingerprint density at radius 2 is 2.21 bits per heavy atom. The van der Waals surface area contributed by atoms with E-state index in [0.717, 1.165) is 6.08 Å².